The van der Waals surface area contributed by atoms with Gasteiger partial charge in [0.15, 0.2) is 15.8 Å². The molecule has 31 heavy (non-hydrogen) atoms. The minimum absolute atomic E-state index is 1.18. The molecule has 2 heteroatoms. The van der Waals surface area contributed by atoms with Gasteiger partial charge in [-0.3, -0.25) is 4.58 Å². The van der Waals surface area contributed by atoms with E-state index in [-0.39, 0.29) is 0 Å². The van der Waals surface area contributed by atoms with Crippen molar-refractivity contribution in [3.05, 3.63) is 119 Å². The molecule has 5 aromatic rings. The Morgan fingerprint density at radius 3 is 2.48 bits per heavy atom. The molecule has 4 aromatic carbocycles. The summed E-state index contributed by atoms with van der Waals surface area (Å²) in [4.78, 5) is 2.56. The molecule has 0 bridgehead atoms. The van der Waals surface area contributed by atoms with E-state index in [9.17, 15) is 0 Å². The number of hydrogen-bond donors (Lipinski definition) is 0. The van der Waals surface area contributed by atoms with E-state index in [1.54, 1.807) is 0 Å². The highest BCUT2D eigenvalue weighted by Crippen LogP contribution is 2.43. The minimum atomic E-state index is 1.18. The Morgan fingerprint density at radius 1 is 0.839 bits per heavy atom. The van der Waals surface area contributed by atoms with Crippen molar-refractivity contribution in [3.8, 4) is 10.4 Å². The summed E-state index contributed by atoms with van der Waals surface area (Å²) in [7, 11) is 0. The van der Waals surface area contributed by atoms with Crippen LogP contribution in [0, 0.1) is 13.0 Å². The molecule has 0 amide bonds. The molecular weight excluding hydrogens is 394 g/mol. The fourth-order valence-electron chi connectivity index (χ4n) is 4.53. The number of aryl methyl sites for hydroxylation is 1. The number of hydrogen-bond acceptors (Lipinski definition) is 0. The molecule has 1 nitrogen and oxygen atoms in total. The molecule has 0 fully saturated rings. The van der Waals surface area contributed by atoms with Gasteiger partial charge in [-0.1, -0.05) is 90.8 Å². The third kappa shape index (κ3) is 2.91. The Kier molecular flexibility index (Phi) is 4.09. The Balaban J connectivity index is 1.54. The first kappa shape index (κ1) is 18.2. The van der Waals surface area contributed by atoms with Gasteiger partial charge in [0.05, 0.1) is 6.72 Å². The van der Waals surface area contributed by atoms with E-state index in [4.69, 9.17) is 0 Å². The molecule has 0 saturated heterocycles. The van der Waals surface area contributed by atoms with Crippen molar-refractivity contribution in [2.75, 3.05) is 0 Å². The largest absolute Gasteiger partial charge is 0.257 e. The average molecular weight is 416 g/mol. The van der Waals surface area contributed by atoms with Crippen molar-refractivity contribution in [1.82, 2.24) is 0 Å². The van der Waals surface area contributed by atoms with Crippen LogP contribution in [0.2, 0.25) is 0 Å². The maximum Gasteiger partial charge on any atom is 0.197 e. The number of fused-ring (bicyclic) bond motifs is 4. The third-order valence-corrected chi connectivity index (χ3v) is 7.31. The van der Waals surface area contributed by atoms with Gasteiger partial charge in [-0.2, -0.15) is 0 Å². The fraction of sp³-hybridized carbons (Fsp3) is 0.0345. The molecule has 2 heterocycles. The van der Waals surface area contributed by atoms with E-state index >= 15 is 0 Å². The topological polar surface area (TPSA) is 3.01 Å². The van der Waals surface area contributed by atoms with Crippen LogP contribution in [0.1, 0.15) is 21.6 Å². The minimum Gasteiger partial charge on any atom is -0.257 e. The first-order valence-electron chi connectivity index (χ1n) is 10.5. The van der Waals surface area contributed by atoms with E-state index in [1.807, 2.05) is 15.9 Å². The second kappa shape index (κ2) is 6.97. The first-order chi connectivity index (χ1) is 15.2. The summed E-state index contributed by atoms with van der Waals surface area (Å²) in [6.07, 6.45) is 4.24. The molecule has 0 aliphatic carbocycles. The van der Waals surface area contributed by atoms with Gasteiger partial charge in [-0.25, -0.2) is 0 Å². The van der Waals surface area contributed by atoms with E-state index in [0.717, 1.165) is 0 Å². The molecule has 1 aliphatic rings. The molecule has 0 radical (unpaired) electrons. The van der Waals surface area contributed by atoms with Crippen LogP contribution in [0.25, 0.3) is 38.1 Å². The summed E-state index contributed by atoms with van der Waals surface area (Å²) in [6, 6.07) is 31.8. The van der Waals surface area contributed by atoms with Gasteiger partial charge >= 0.3 is 0 Å². The molecule has 1 aromatic heterocycles. The van der Waals surface area contributed by atoms with Gasteiger partial charge in [0.2, 0.25) is 0 Å². The smallest absolute Gasteiger partial charge is 0.197 e. The molecule has 6 rings (SSSR count). The monoisotopic (exact) mass is 415 g/mol. The molecule has 148 valence electrons. The van der Waals surface area contributed by atoms with Crippen molar-refractivity contribution in [3.63, 3.8) is 0 Å². The Bertz CT molecular complexity index is 1500. The van der Waals surface area contributed by atoms with Gasteiger partial charge in [0.25, 0.3) is 0 Å². The number of benzene rings is 4. The number of rotatable bonds is 2. The molecule has 0 spiro atoms. The van der Waals surface area contributed by atoms with Crippen molar-refractivity contribution >= 4 is 45.7 Å². The summed E-state index contributed by atoms with van der Waals surface area (Å²) in [5.74, 6) is 0. The number of thiophene rings is 1. The van der Waals surface area contributed by atoms with Gasteiger partial charge in [-0.05, 0) is 38.7 Å². The SMILES string of the molecule is C=[N+]1C=Cc2c[c-](-c3ccccc3)[s+]c2[C-]1c1cc2ccc3ccccc3c2cc1C. The van der Waals surface area contributed by atoms with Crippen LogP contribution in [0.4, 0.5) is 0 Å². The second-order valence-corrected chi connectivity index (χ2v) is 9.12. The Morgan fingerprint density at radius 2 is 1.61 bits per heavy atom. The van der Waals surface area contributed by atoms with Crippen molar-refractivity contribution in [1.29, 1.82) is 0 Å². The lowest BCUT2D eigenvalue weighted by Gasteiger charge is -2.21. The van der Waals surface area contributed by atoms with Crippen LogP contribution in [0.15, 0.2) is 91.1 Å². The van der Waals surface area contributed by atoms with Crippen LogP contribution in [0.5, 0.6) is 0 Å². The van der Waals surface area contributed by atoms with Crippen LogP contribution in [0.3, 0.4) is 0 Å². The molecule has 0 N–H and O–H groups in total. The summed E-state index contributed by atoms with van der Waals surface area (Å²) in [6.45, 7) is 6.53. The van der Waals surface area contributed by atoms with Crippen LogP contribution < -0.4 is 0 Å². The molecule has 0 atom stereocenters. The van der Waals surface area contributed by atoms with Gasteiger partial charge in [-0.15, -0.1) is 12.1 Å². The van der Waals surface area contributed by atoms with E-state index in [2.05, 4.69) is 111 Å². The maximum atomic E-state index is 4.32. The molecule has 1 aliphatic heterocycles. The highest BCUT2D eigenvalue weighted by Gasteiger charge is 2.32. The summed E-state index contributed by atoms with van der Waals surface area (Å²) < 4.78 is 2.02. The zero-order valence-corrected chi connectivity index (χ0v) is 18.1. The summed E-state index contributed by atoms with van der Waals surface area (Å²) in [5, 5.41) is 5.15. The predicted octanol–water partition coefficient (Wildman–Crippen LogP) is 7.66. The van der Waals surface area contributed by atoms with Crippen LogP contribution >= 0.6 is 11.3 Å². The number of nitrogens with zero attached hydrogens (tertiary/aromatic N) is 1. The zero-order chi connectivity index (χ0) is 20.9. The zero-order valence-electron chi connectivity index (χ0n) is 17.3. The van der Waals surface area contributed by atoms with Gasteiger partial charge < -0.3 is 0 Å². The lowest BCUT2D eigenvalue weighted by Crippen LogP contribution is -2.18. The molecule has 0 saturated carbocycles. The summed E-state index contributed by atoms with van der Waals surface area (Å²) in [5.41, 5.74) is 5.02. The normalized spacial score (nSPS) is 13.2. The maximum absolute atomic E-state index is 4.32. The highest BCUT2D eigenvalue weighted by molar-refractivity contribution is 7.16. The van der Waals surface area contributed by atoms with Gasteiger partial charge in [0.1, 0.15) is 17.5 Å². The summed E-state index contributed by atoms with van der Waals surface area (Å²) >= 11 is 1.84. The fourth-order valence-corrected chi connectivity index (χ4v) is 5.76. The van der Waals surface area contributed by atoms with Crippen molar-refractivity contribution in [2.45, 2.75) is 6.92 Å². The van der Waals surface area contributed by atoms with Crippen molar-refractivity contribution < 1.29 is 4.58 Å². The van der Waals surface area contributed by atoms with E-state index < -0.39 is 0 Å². The average Bonchev–Trinajstić information content (AvgIpc) is 3.24. The van der Waals surface area contributed by atoms with E-state index in [1.165, 1.54) is 59.6 Å². The lowest BCUT2D eigenvalue weighted by atomic mass is 9.91. The Labute approximate surface area is 186 Å². The first-order valence-corrected chi connectivity index (χ1v) is 11.3. The van der Waals surface area contributed by atoms with Gasteiger partial charge in [0, 0.05) is 0 Å². The van der Waals surface area contributed by atoms with E-state index in [0.29, 0.717) is 0 Å². The predicted molar refractivity (Wildman–Crippen MR) is 134 cm³/mol. The van der Waals surface area contributed by atoms with Crippen LogP contribution in [-0.2, 0) is 0 Å². The molecular formula is C29H21NS. The van der Waals surface area contributed by atoms with Crippen molar-refractivity contribution in [2.24, 2.45) is 0 Å². The standard InChI is InChI=1S/C29H21NS/c1-19-16-26-22(13-12-20-8-6-7-11-24(20)26)17-25(19)28-29-23(14-15-30(28)2)18-27(31-29)21-9-4-3-5-10-21/h3-18H,2H2,1H3. The lowest BCUT2D eigenvalue weighted by molar-refractivity contribution is -0.417. The Hall–Kier alpha value is -3.62. The second-order valence-electron chi connectivity index (χ2n) is 8.07. The quantitative estimate of drug-likeness (QED) is 0.120. The third-order valence-electron chi connectivity index (χ3n) is 6.10. The molecule has 0 unspecified atom stereocenters. The van der Waals surface area contributed by atoms with Crippen LogP contribution in [-0.4, -0.2) is 11.3 Å². The highest BCUT2D eigenvalue weighted by atomic mass is 32.1.